The fourth-order valence-electron chi connectivity index (χ4n) is 4.48. The predicted octanol–water partition coefficient (Wildman–Crippen LogP) is 3.52. The number of carbonyl (C=O) groups excluding carboxylic acids is 2. The molecule has 2 aliphatic rings. The number of amides is 1. The highest BCUT2D eigenvalue weighted by Crippen LogP contribution is 2.28. The van der Waals surface area contributed by atoms with Crippen LogP contribution in [0.2, 0.25) is 0 Å². The number of para-hydroxylation sites is 1. The molecule has 2 aliphatic heterocycles. The largest absolute Gasteiger partial charge is 0.367 e. The highest BCUT2D eigenvalue weighted by atomic mass is 19.1. The SMILES string of the molecule is CC(=O)c1ccc(N2CCN([C@H](C)C(=O)N3CCCc4ccccc43)CC2)c(F)c1. The lowest BCUT2D eigenvalue weighted by Crippen LogP contribution is -2.55. The molecule has 2 heterocycles. The van der Waals surface area contributed by atoms with Gasteiger partial charge in [0.1, 0.15) is 5.82 Å². The first-order chi connectivity index (χ1) is 14.5. The van der Waals surface area contributed by atoms with Crippen LogP contribution in [-0.2, 0) is 11.2 Å². The van der Waals surface area contributed by atoms with E-state index in [2.05, 4.69) is 11.0 Å². The van der Waals surface area contributed by atoms with E-state index in [0.29, 0.717) is 37.4 Å². The first-order valence-electron chi connectivity index (χ1n) is 10.6. The zero-order chi connectivity index (χ0) is 21.3. The first-order valence-corrected chi connectivity index (χ1v) is 10.6. The number of aryl methyl sites for hydroxylation is 1. The van der Waals surface area contributed by atoms with Crippen molar-refractivity contribution in [3.05, 3.63) is 59.4 Å². The van der Waals surface area contributed by atoms with E-state index in [4.69, 9.17) is 0 Å². The van der Waals surface area contributed by atoms with E-state index in [1.165, 1.54) is 18.6 Å². The maximum atomic E-state index is 14.5. The summed E-state index contributed by atoms with van der Waals surface area (Å²) >= 11 is 0. The van der Waals surface area contributed by atoms with Gasteiger partial charge in [-0.05, 0) is 56.5 Å². The summed E-state index contributed by atoms with van der Waals surface area (Å²) in [5.74, 6) is -0.380. The van der Waals surface area contributed by atoms with Crippen LogP contribution in [0.3, 0.4) is 0 Å². The topological polar surface area (TPSA) is 43.9 Å². The van der Waals surface area contributed by atoms with Gasteiger partial charge in [0.05, 0.1) is 11.7 Å². The predicted molar refractivity (Wildman–Crippen MR) is 117 cm³/mol. The molecule has 1 atom stereocenters. The second-order valence-electron chi connectivity index (χ2n) is 8.14. The van der Waals surface area contributed by atoms with Crippen molar-refractivity contribution >= 4 is 23.1 Å². The second kappa shape index (κ2) is 8.56. The van der Waals surface area contributed by atoms with E-state index in [1.54, 1.807) is 12.1 Å². The van der Waals surface area contributed by atoms with Gasteiger partial charge < -0.3 is 9.80 Å². The van der Waals surface area contributed by atoms with E-state index >= 15 is 0 Å². The van der Waals surface area contributed by atoms with Crippen LogP contribution in [0, 0.1) is 5.82 Å². The number of rotatable bonds is 4. The number of anilines is 2. The Balaban J connectivity index is 1.41. The van der Waals surface area contributed by atoms with Gasteiger partial charge in [0.25, 0.3) is 0 Å². The molecule has 5 nitrogen and oxygen atoms in total. The number of nitrogens with zero attached hydrogens (tertiary/aromatic N) is 3. The molecule has 2 aromatic carbocycles. The summed E-state index contributed by atoms with van der Waals surface area (Å²) in [7, 11) is 0. The minimum absolute atomic E-state index is 0.132. The molecule has 1 saturated heterocycles. The Morgan fingerprint density at radius 2 is 1.70 bits per heavy atom. The van der Waals surface area contributed by atoms with Gasteiger partial charge in [-0.3, -0.25) is 14.5 Å². The van der Waals surface area contributed by atoms with E-state index in [0.717, 1.165) is 25.1 Å². The summed E-state index contributed by atoms with van der Waals surface area (Å²) in [4.78, 5) is 30.8. The standard InChI is InChI=1S/C24H28FN3O2/c1-17(24(30)28-11-5-7-19-6-3-4-8-22(19)28)26-12-14-27(15-13-26)23-10-9-20(18(2)29)16-21(23)25/h3-4,6,8-10,16-17H,5,7,11-15H2,1-2H3/t17-/m1/s1. The molecule has 1 fully saturated rings. The van der Waals surface area contributed by atoms with Crippen molar-refractivity contribution in [3.63, 3.8) is 0 Å². The summed E-state index contributed by atoms with van der Waals surface area (Å²) in [6.45, 7) is 6.83. The van der Waals surface area contributed by atoms with Gasteiger partial charge in [-0.2, -0.15) is 0 Å². The van der Waals surface area contributed by atoms with E-state index in [-0.39, 0.29) is 23.5 Å². The highest BCUT2D eigenvalue weighted by Gasteiger charge is 2.31. The number of benzene rings is 2. The van der Waals surface area contributed by atoms with Gasteiger partial charge in [0.2, 0.25) is 5.91 Å². The average Bonchev–Trinajstić information content (AvgIpc) is 2.77. The molecule has 4 rings (SSSR count). The third kappa shape index (κ3) is 3.97. The zero-order valence-electron chi connectivity index (χ0n) is 17.6. The number of fused-ring (bicyclic) bond motifs is 1. The van der Waals surface area contributed by atoms with E-state index in [9.17, 15) is 14.0 Å². The zero-order valence-corrected chi connectivity index (χ0v) is 17.6. The number of hydrogen-bond donors (Lipinski definition) is 0. The van der Waals surface area contributed by atoms with Crippen molar-refractivity contribution in [2.24, 2.45) is 0 Å². The van der Waals surface area contributed by atoms with Crippen LogP contribution in [-0.4, -0.2) is 55.4 Å². The van der Waals surface area contributed by atoms with Crippen LogP contribution < -0.4 is 9.80 Å². The number of hydrogen-bond acceptors (Lipinski definition) is 4. The maximum Gasteiger partial charge on any atom is 0.244 e. The molecule has 0 aliphatic carbocycles. The number of carbonyl (C=O) groups is 2. The maximum absolute atomic E-state index is 14.5. The van der Waals surface area contributed by atoms with Crippen molar-refractivity contribution in [2.45, 2.75) is 32.7 Å². The van der Waals surface area contributed by atoms with Gasteiger partial charge >= 0.3 is 0 Å². The minimum atomic E-state index is -0.370. The summed E-state index contributed by atoms with van der Waals surface area (Å²) in [5.41, 5.74) is 3.17. The average molecular weight is 410 g/mol. The van der Waals surface area contributed by atoms with Crippen LogP contribution in [0.25, 0.3) is 0 Å². The number of halogens is 1. The fourth-order valence-corrected chi connectivity index (χ4v) is 4.48. The van der Waals surface area contributed by atoms with Gasteiger partial charge in [-0.15, -0.1) is 0 Å². The quantitative estimate of drug-likeness (QED) is 0.725. The molecule has 0 radical (unpaired) electrons. The summed E-state index contributed by atoms with van der Waals surface area (Å²) in [5, 5.41) is 0. The molecule has 0 saturated carbocycles. The molecule has 158 valence electrons. The molecule has 0 spiro atoms. The lowest BCUT2D eigenvalue weighted by molar-refractivity contribution is -0.123. The molecule has 2 aromatic rings. The van der Waals surface area contributed by atoms with Gasteiger partial charge in [0.15, 0.2) is 5.78 Å². The molecule has 0 aromatic heterocycles. The lowest BCUT2D eigenvalue weighted by Gasteiger charge is -2.40. The summed E-state index contributed by atoms with van der Waals surface area (Å²) in [6, 6.07) is 12.6. The van der Waals surface area contributed by atoms with Crippen molar-refractivity contribution in [2.75, 3.05) is 42.5 Å². The molecule has 0 unspecified atom stereocenters. The van der Waals surface area contributed by atoms with Crippen molar-refractivity contribution < 1.29 is 14.0 Å². The Morgan fingerprint density at radius 1 is 0.967 bits per heavy atom. The Bertz CT molecular complexity index is 953. The molecular formula is C24H28FN3O2. The molecule has 0 bridgehead atoms. The Morgan fingerprint density at radius 3 is 2.40 bits per heavy atom. The Hall–Kier alpha value is -2.73. The van der Waals surface area contributed by atoms with Gasteiger partial charge in [-0.1, -0.05) is 18.2 Å². The fraction of sp³-hybridized carbons (Fsp3) is 0.417. The molecule has 0 N–H and O–H groups in total. The second-order valence-corrected chi connectivity index (χ2v) is 8.14. The van der Waals surface area contributed by atoms with Gasteiger partial charge in [0, 0.05) is 44.0 Å². The summed E-state index contributed by atoms with van der Waals surface area (Å²) in [6.07, 6.45) is 2.00. The van der Waals surface area contributed by atoms with Crippen LogP contribution in [0.1, 0.15) is 36.2 Å². The highest BCUT2D eigenvalue weighted by molar-refractivity contribution is 5.98. The first kappa shape index (κ1) is 20.5. The van der Waals surface area contributed by atoms with E-state index < -0.39 is 0 Å². The third-order valence-corrected chi connectivity index (χ3v) is 6.29. The number of Topliss-reactive ketones (excluding diaryl/α,β-unsaturated/α-hetero) is 1. The minimum Gasteiger partial charge on any atom is -0.367 e. The van der Waals surface area contributed by atoms with Crippen molar-refractivity contribution in [1.82, 2.24) is 4.90 Å². The van der Waals surface area contributed by atoms with Gasteiger partial charge in [-0.25, -0.2) is 4.39 Å². The lowest BCUT2D eigenvalue weighted by atomic mass is 10.0. The van der Waals surface area contributed by atoms with Crippen LogP contribution >= 0.6 is 0 Å². The van der Waals surface area contributed by atoms with E-state index in [1.807, 2.05) is 34.9 Å². The van der Waals surface area contributed by atoms with Crippen molar-refractivity contribution in [1.29, 1.82) is 0 Å². The summed E-state index contributed by atoms with van der Waals surface area (Å²) < 4.78 is 14.5. The Kier molecular flexibility index (Phi) is 5.86. The van der Waals surface area contributed by atoms with Crippen LogP contribution in [0.15, 0.2) is 42.5 Å². The third-order valence-electron chi connectivity index (χ3n) is 6.29. The monoisotopic (exact) mass is 409 g/mol. The van der Waals surface area contributed by atoms with Crippen LogP contribution in [0.4, 0.5) is 15.8 Å². The molecule has 30 heavy (non-hydrogen) atoms. The molecule has 1 amide bonds. The smallest absolute Gasteiger partial charge is 0.244 e. The number of ketones is 1. The molecule has 6 heteroatoms. The Labute approximate surface area is 177 Å². The van der Waals surface area contributed by atoms with Crippen molar-refractivity contribution in [3.8, 4) is 0 Å². The van der Waals surface area contributed by atoms with Crippen LogP contribution in [0.5, 0.6) is 0 Å². The number of piperazine rings is 1. The molecular weight excluding hydrogens is 381 g/mol. The normalized spacial score (nSPS) is 18.1.